The van der Waals surface area contributed by atoms with Crippen molar-refractivity contribution in [1.82, 2.24) is 40.4 Å². The zero-order chi connectivity index (χ0) is 50.8. The number of carbonyl (C=O) groups is 4. The van der Waals surface area contributed by atoms with E-state index < -0.39 is 48.1 Å². The van der Waals surface area contributed by atoms with Gasteiger partial charge >= 0.3 is 0 Å². The third-order valence-electron chi connectivity index (χ3n) is 13.1. The lowest BCUT2D eigenvalue weighted by molar-refractivity contribution is -0.144. The lowest BCUT2D eigenvalue weighted by Gasteiger charge is -2.35. The molecule has 7 rings (SSSR count). The molecule has 0 radical (unpaired) electrons. The summed E-state index contributed by atoms with van der Waals surface area (Å²) in [6.45, 7) is 8.05. The number of hydrogen-bond acceptors (Lipinski definition) is 14. The zero-order valence-electron chi connectivity index (χ0n) is 40.7. The first-order chi connectivity index (χ1) is 34.0. The molecule has 0 bridgehead atoms. The quantitative estimate of drug-likeness (QED) is 0.0399. The number of β-amino-alcohol motifs (C(OH)–C–C–N with tert-alkyl or cyclic N) is 1. The van der Waals surface area contributed by atoms with Crippen LogP contribution in [0.3, 0.4) is 0 Å². The van der Waals surface area contributed by atoms with Gasteiger partial charge in [-0.05, 0) is 60.1 Å². The Morgan fingerprint density at radius 3 is 2.39 bits per heavy atom. The van der Waals surface area contributed by atoms with Gasteiger partial charge in [-0.1, -0.05) is 94.8 Å². The van der Waals surface area contributed by atoms with Crippen molar-refractivity contribution in [2.45, 2.75) is 141 Å². The lowest BCUT2D eigenvalue weighted by Crippen LogP contribution is -2.57. The maximum atomic E-state index is 14.0. The van der Waals surface area contributed by atoms with Crippen LogP contribution in [0.4, 0.5) is 5.82 Å². The lowest BCUT2D eigenvalue weighted by atomic mass is 9.85. The molecule has 7 atom stereocenters. The molecule has 2 aliphatic rings. The number of aryl methyl sites for hydroxylation is 1. The highest BCUT2D eigenvalue weighted by Crippen LogP contribution is 2.39. The maximum Gasteiger partial charge on any atom is 0.257 e. The number of aliphatic hydroxyl groups is 3. The van der Waals surface area contributed by atoms with E-state index in [4.69, 9.17) is 26.8 Å². The summed E-state index contributed by atoms with van der Waals surface area (Å²) in [6.07, 6.45) is 5.15. The number of nitrogen functional groups attached to an aromatic ring is 1. The van der Waals surface area contributed by atoms with Gasteiger partial charge in [0.15, 0.2) is 6.61 Å². The Bertz CT molecular complexity index is 2620. The molecule has 8 N–H and O–H groups in total. The molecular weight excluding hydrogens is 950 g/mol. The number of likely N-dealkylation sites (tertiary alicyclic amines) is 1. The molecule has 3 aromatic heterocycles. The molecule has 18 nitrogen and oxygen atoms in total. The number of thiazole rings is 1. The molecule has 2 saturated heterocycles. The highest BCUT2D eigenvalue weighted by atomic mass is 35.5. The van der Waals surface area contributed by atoms with E-state index in [1.165, 1.54) is 17.3 Å². The van der Waals surface area contributed by atoms with Crippen LogP contribution in [0, 0.1) is 12.3 Å². The molecule has 0 spiro atoms. The third-order valence-corrected chi connectivity index (χ3v) is 14.4. The Morgan fingerprint density at radius 1 is 0.944 bits per heavy atom. The summed E-state index contributed by atoms with van der Waals surface area (Å²) in [4.78, 5) is 68.4. The van der Waals surface area contributed by atoms with Crippen molar-refractivity contribution in [3.63, 3.8) is 0 Å². The van der Waals surface area contributed by atoms with E-state index >= 15 is 0 Å². The predicted molar refractivity (Wildman–Crippen MR) is 270 cm³/mol. The Morgan fingerprint density at radius 2 is 1.68 bits per heavy atom. The first-order valence-electron chi connectivity index (χ1n) is 24.3. The Balaban J connectivity index is 0.757. The summed E-state index contributed by atoms with van der Waals surface area (Å²) in [5.41, 5.74) is 11.0. The van der Waals surface area contributed by atoms with Gasteiger partial charge < -0.3 is 55.9 Å². The van der Waals surface area contributed by atoms with Gasteiger partial charge in [-0.15, -0.1) is 11.3 Å². The van der Waals surface area contributed by atoms with E-state index in [2.05, 4.69) is 30.9 Å². The third kappa shape index (κ3) is 13.6. The second kappa shape index (κ2) is 24.1. The number of amides is 4. The molecule has 5 heterocycles. The minimum Gasteiger partial charge on any atom is -0.482 e. The van der Waals surface area contributed by atoms with Crippen LogP contribution in [0.1, 0.15) is 114 Å². The van der Waals surface area contributed by atoms with E-state index in [0.29, 0.717) is 35.4 Å². The fourth-order valence-corrected chi connectivity index (χ4v) is 10.1. The predicted octanol–water partition coefficient (Wildman–Crippen LogP) is 5.91. The number of ether oxygens (including phenoxy) is 2. The average molecular weight is 1020 g/mol. The standard InChI is InChI=1S/C51H66ClN9O9S/c1-30-45(71-29-58-30)32-15-13-31(14-16-32)25-55-49(67)37-23-34(62)26-61(37)50(68)46(51(2,3)4)59-40(64)12-10-8-6-5-7-9-11-20-54-41(65)27-69-39-22-33(17-18-36(39)52)43(66)44-38(63)24-42(70-44)60-21-19-35-47(53)56-28-57-48(35)60/h13-19,21-22,28-29,34,37-38,42-44,46,62-63,66H,5-12,20,23-27H2,1-4H3,(H,54,65)(H,55,67)(H,59,64)(H2,53,56,57)/t34-,37+,38+,42-,43-,44+,46-/m1/s1. The van der Waals surface area contributed by atoms with Gasteiger partial charge in [0.2, 0.25) is 17.7 Å². The summed E-state index contributed by atoms with van der Waals surface area (Å²) >= 11 is 7.95. The molecule has 4 amide bonds. The molecule has 0 saturated carbocycles. The van der Waals surface area contributed by atoms with Crippen molar-refractivity contribution >= 4 is 63.4 Å². The number of halogens is 1. The van der Waals surface area contributed by atoms with E-state index in [-0.39, 0.29) is 73.4 Å². The van der Waals surface area contributed by atoms with E-state index in [0.717, 1.165) is 60.2 Å². The van der Waals surface area contributed by atoms with Crippen molar-refractivity contribution in [2.75, 3.05) is 25.4 Å². The number of fused-ring (bicyclic) bond motifs is 1. The fourth-order valence-electron chi connectivity index (χ4n) is 9.09. The van der Waals surface area contributed by atoms with Gasteiger partial charge in [-0.2, -0.15) is 0 Å². The molecule has 2 fully saturated rings. The summed E-state index contributed by atoms with van der Waals surface area (Å²) in [7, 11) is 0. The SMILES string of the molecule is Cc1ncsc1-c1ccc(CNC(=O)[C@@H]2C[C@@H](O)CN2C(=O)[C@@H](NC(=O)CCCCCCCCCNC(=O)COc2cc([C@@H](O)[C@H]3O[C@@H](n4ccc5c(N)ncnc54)C[C@@H]3O)ccc2Cl)C(C)(C)C)cc1. The van der Waals surface area contributed by atoms with Crippen LogP contribution in [0.2, 0.25) is 5.02 Å². The number of anilines is 1. The van der Waals surface area contributed by atoms with Gasteiger partial charge in [0.1, 0.15) is 54.1 Å². The minimum atomic E-state index is -1.22. The average Bonchev–Trinajstić information content (AvgIpc) is 4.16. The van der Waals surface area contributed by atoms with Crippen LogP contribution in [-0.2, 0) is 30.5 Å². The molecule has 382 valence electrons. The largest absolute Gasteiger partial charge is 0.482 e. The van der Waals surface area contributed by atoms with E-state index in [9.17, 15) is 34.5 Å². The Kier molecular flexibility index (Phi) is 18.1. The van der Waals surface area contributed by atoms with E-state index in [1.54, 1.807) is 40.3 Å². The number of nitrogens with zero attached hydrogens (tertiary/aromatic N) is 5. The monoisotopic (exact) mass is 1020 g/mol. The number of hydrogen-bond donors (Lipinski definition) is 7. The second-order valence-electron chi connectivity index (χ2n) is 19.5. The molecular formula is C51H66ClN9O9S. The van der Waals surface area contributed by atoms with Gasteiger partial charge in [-0.3, -0.25) is 19.2 Å². The molecule has 0 unspecified atom stereocenters. The number of aliphatic hydroxyl groups excluding tert-OH is 3. The van der Waals surface area contributed by atoms with Crippen LogP contribution in [0.15, 0.2) is 66.6 Å². The summed E-state index contributed by atoms with van der Waals surface area (Å²) in [5, 5.41) is 42.4. The number of rotatable bonds is 22. The first kappa shape index (κ1) is 53.1. The normalized spacial score (nSPS) is 19.9. The number of nitrogens with one attached hydrogen (secondary N) is 3. The molecule has 5 aromatic rings. The van der Waals surface area contributed by atoms with Crippen LogP contribution in [0.25, 0.3) is 21.5 Å². The van der Waals surface area contributed by atoms with Gasteiger partial charge in [-0.25, -0.2) is 15.0 Å². The topological polar surface area (TPSA) is 256 Å². The van der Waals surface area contributed by atoms with Crippen molar-refractivity contribution < 1.29 is 44.0 Å². The highest BCUT2D eigenvalue weighted by Gasteiger charge is 2.45. The smallest absolute Gasteiger partial charge is 0.257 e. The van der Waals surface area contributed by atoms with Crippen molar-refractivity contribution in [2.24, 2.45) is 5.41 Å². The first-order valence-corrected chi connectivity index (χ1v) is 25.6. The zero-order valence-corrected chi connectivity index (χ0v) is 42.3. The van der Waals surface area contributed by atoms with Gasteiger partial charge in [0.25, 0.3) is 5.91 Å². The second-order valence-corrected chi connectivity index (χ2v) is 20.8. The summed E-state index contributed by atoms with van der Waals surface area (Å²) in [5.74, 6) is -0.757. The van der Waals surface area contributed by atoms with Crippen molar-refractivity contribution in [3.05, 3.63) is 88.4 Å². The molecule has 20 heteroatoms. The number of aromatic nitrogens is 4. The van der Waals surface area contributed by atoms with Crippen LogP contribution < -0.4 is 26.4 Å². The fraction of sp³-hybridized carbons (Fsp3) is 0.510. The number of unbranched alkanes of at least 4 members (excludes halogenated alkanes) is 6. The number of carbonyl (C=O) groups excluding carboxylic acids is 4. The molecule has 2 aliphatic heterocycles. The molecule has 71 heavy (non-hydrogen) atoms. The van der Waals surface area contributed by atoms with Crippen LogP contribution in [-0.4, -0.2) is 113 Å². The van der Waals surface area contributed by atoms with Gasteiger partial charge in [0, 0.05) is 45.1 Å². The summed E-state index contributed by atoms with van der Waals surface area (Å²) in [6, 6.07) is 12.6. The highest BCUT2D eigenvalue weighted by molar-refractivity contribution is 7.13. The minimum absolute atomic E-state index is 0.00948. The number of benzene rings is 2. The van der Waals surface area contributed by atoms with E-state index in [1.807, 2.05) is 57.5 Å². The Labute approximate surface area is 422 Å². The summed E-state index contributed by atoms with van der Waals surface area (Å²) < 4.78 is 13.6. The van der Waals surface area contributed by atoms with Gasteiger partial charge in [0.05, 0.1) is 38.7 Å². The Hall–Kier alpha value is -5.70. The maximum absolute atomic E-state index is 14.0. The van der Waals surface area contributed by atoms with Crippen molar-refractivity contribution in [3.8, 4) is 16.2 Å². The van der Waals surface area contributed by atoms with Crippen LogP contribution in [0.5, 0.6) is 5.75 Å². The van der Waals surface area contributed by atoms with Crippen molar-refractivity contribution in [1.29, 1.82) is 0 Å². The molecule has 2 aromatic carbocycles. The molecule has 0 aliphatic carbocycles. The van der Waals surface area contributed by atoms with Crippen LogP contribution >= 0.6 is 22.9 Å². The number of nitrogens with two attached hydrogens (primary N) is 1.